The van der Waals surface area contributed by atoms with E-state index in [1.54, 1.807) is 23.1 Å². The molecule has 3 aromatic rings. The van der Waals surface area contributed by atoms with Crippen LogP contribution in [0.2, 0.25) is 0 Å². The number of hydrogen-bond donors (Lipinski definition) is 2. The van der Waals surface area contributed by atoms with Crippen LogP contribution in [-0.4, -0.2) is 27.4 Å². The van der Waals surface area contributed by atoms with Crippen LogP contribution in [0.15, 0.2) is 67.0 Å². The van der Waals surface area contributed by atoms with Gasteiger partial charge in [0.05, 0.1) is 11.3 Å². The number of nitrogens with one attached hydrogen (secondary N) is 1. The van der Waals surface area contributed by atoms with Gasteiger partial charge in [0.15, 0.2) is 0 Å². The third-order valence-corrected chi connectivity index (χ3v) is 3.51. The Morgan fingerprint density at radius 2 is 1.87 bits per heavy atom. The number of carbonyl (C=O) groups is 1. The lowest BCUT2D eigenvalue weighted by Crippen LogP contribution is -2.15. The first-order valence-corrected chi connectivity index (χ1v) is 7.38. The van der Waals surface area contributed by atoms with Gasteiger partial charge in [-0.1, -0.05) is 24.3 Å². The molecule has 0 radical (unpaired) electrons. The van der Waals surface area contributed by atoms with E-state index < -0.39 is 0 Å². The molecule has 0 saturated carbocycles. The van der Waals surface area contributed by atoms with Crippen LogP contribution in [0.25, 0.3) is 5.69 Å². The van der Waals surface area contributed by atoms with Gasteiger partial charge in [-0.15, -0.1) is 0 Å². The molecule has 116 valence electrons. The second-order valence-electron chi connectivity index (χ2n) is 5.09. The first-order valence-electron chi connectivity index (χ1n) is 7.38. The van der Waals surface area contributed by atoms with Crippen LogP contribution in [0.5, 0.6) is 0 Å². The van der Waals surface area contributed by atoms with Crippen molar-refractivity contribution in [1.29, 1.82) is 0 Å². The van der Waals surface area contributed by atoms with Gasteiger partial charge in [-0.2, -0.15) is 5.10 Å². The fourth-order valence-corrected chi connectivity index (χ4v) is 2.36. The summed E-state index contributed by atoms with van der Waals surface area (Å²) >= 11 is 0. The standard InChI is InChI=1S/C18H17N3O2/c22-13-10-14-6-8-15(9-7-14)20-18(23)16-4-1-2-5-17(16)21-12-3-11-19-21/h1-9,11-12,22H,10,13H2,(H,20,23). The SMILES string of the molecule is O=C(Nc1ccc(CCO)cc1)c1ccccc1-n1cccn1. The van der Waals surface area contributed by atoms with Gasteiger partial charge in [0.1, 0.15) is 0 Å². The van der Waals surface area contributed by atoms with Crippen molar-refractivity contribution in [2.75, 3.05) is 11.9 Å². The number of aliphatic hydroxyl groups is 1. The molecule has 0 aliphatic heterocycles. The van der Waals surface area contributed by atoms with Crippen molar-refractivity contribution in [2.45, 2.75) is 6.42 Å². The number of benzene rings is 2. The van der Waals surface area contributed by atoms with Crippen LogP contribution in [-0.2, 0) is 6.42 Å². The second kappa shape index (κ2) is 6.89. The summed E-state index contributed by atoms with van der Waals surface area (Å²) in [6.07, 6.45) is 4.08. The number of aromatic nitrogens is 2. The van der Waals surface area contributed by atoms with E-state index in [4.69, 9.17) is 5.11 Å². The topological polar surface area (TPSA) is 67.2 Å². The molecular formula is C18H17N3O2. The monoisotopic (exact) mass is 307 g/mol. The van der Waals surface area contributed by atoms with Gasteiger partial charge in [0, 0.05) is 24.7 Å². The van der Waals surface area contributed by atoms with E-state index in [9.17, 15) is 4.79 Å². The van der Waals surface area contributed by atoms with E-state index in [2.05, 4.69) is 10.4 Å². The molecule has 3 rings (SSSR count). The van der Waals surface area contributed by atoms with Crippen molar-refractivity contribution >= 4 is 11.6 Å². The van der Waals surface area contributed by atoms with Crippen molar-refractivity contribution in [3.8, 4) is 5.69 Å². The molecule has 0 bridgehead atoms. The molecule has 0 aliphatic rings. The van der Waals surface area contributed by atoms with E-state index in [0.29, 0.717) is 17.7 Å². The maximum Gasteiger partial charge on any atom is 0.257 e. The lowest BCUT2D eigenvalue weighted by Gasteiger charge is -2.10. The molecule has 5 nitrogen and oxygen atoms in total. The summed E-state index contributed by atoms with van der Waals surface area (Å²) in [5.41, 5.74) is 3.02. The summed E-state index contributed by atoms with van der Waals surface area (Å²) in [4.78, 5) is 12.5. The van der Waals surface area contributed by atoms with E-state index >= 15 is 0 Å². The van der Waals surface area contributed by atoms with Crippen molar-refractivity contribution in [1.82, 2.24) is 9.78 Å². The van der Waals surface area contributed by atoms with E-state index in [-0.39, 0.29) is 12.5 Å². The Hall–Kier alpha value is -2.92. The van der Waals surface area contributed by atoms with Crippen molar-refractivity contribution in [2.24, 2.45) is 0 Å². The third kappa shape index (κ3) is 3.46. The zero-order valence-corrected chi connectivity index (χ0v) is 12.5. The molecule has 1 amide bonds. The van der Waals surface area contributed by atoms with E-state index in [1.165, 1.54) is 0 Å². The highest BCUT2D eigenvalue weighted by molar-refractivity contribution is 6.06. The molecule has 0 unspecified atom stereocenters. The van der Waals surface area contributed by atoms with Gasteiger partial charge in [0.25, 0.3) is 5.91 Å². The number of amides is 1. The summed E-state index contributed by atoms with van der Waals surface area (Å²) in [5, 5.41) is 16.0. The molecule has 1 heterocycles. The van der Waals surface area contributed by atoms with Gasteiger partial charge in [-0.05, 0) is 42.3 Å². The van der Waals surface area contributed by atoms with Crippen molar-refractivity contribution in [3.63, 3.8) is 0 Å². The van der Waals surface area contributed by atoms with Crippen LogP contribution in [0.3, 0.4) is 0 Å². The van der Waals surface area contributed by atoms with Gasteiger partial charge < -0.3 is 10.4 Å². The van der Waals surface area contributed by atoms with Crippen LogP contribution in [0, 0.1) is 0 Å². The van der Waals surface area contributed by atoms with Gasteiger partial charge >= 0.3 is 0 Å². The van der Waals surface area contributed by atoms with Crippen LogP contribution in [0.1, 0.15) is 15.9 Å². The number of aliphatic hydroxyl groups excluding tert-OH is 1. The normalized spacial score (nSPS) is 10.5. The first-order chi connectivity index (χ1) is 11.3. The number of para-hydroxylation sites is 1. The number of anilines is 1. The van der Waals surface area contributed by atoms with Crippen LogP contribution >= 0.6 is 0 Å². The highest BCUT2D eigenvalue weighted by atomic mass is 16.3. The fourth-order valence-electron chi connectivity index (χ4n) is 2.36. The number of nitrogens with zero attached hydrogens (tertiary/aromatic N) is 2. The first kappa shape index (κ1) is 15.0. The number of rotatable bonds is 5. The molecule has 0 fully saturated rings. The molecule has 2 N–H and O–H groups in total. The highest BCUT2D eigenvalue weighted by Gasteiger charge is 2.12. The maximum absolute atomic E-state index is 12.5. The average molecular weight is 307 g/mol. The third-order valence-electron chi connectivity index (χ3n) is 3.51. The van der Waals surface area contributed by atoms with Crippen LogP contribution in [0.4, 0.5) is 5.69 Å². The lowest BCUT2D eigenvalue weighted by atomic mass is 10.1. The predicted octanol–water partition coefficient (Wildman–Crippen LogP) is 2.66. The highest BCUT2D eigenvalue weighted by Crippen LogP contribution is 2.16. The molecule has 0 atom stereocenters. The molecular weight excluding hydrogens is 290 g/mol. The Balaban J connectivity index is 1.81. The zero-order valence-electron chi connectivity index (χ0n) is 12.5. The Morgan fingerprint density at radius 3 is 2.57 bits per heavy atom. The van der Waals surface area contributed by atoms with Crippen LogP contribution < -0.4 is 5.32 Å². The summed E-state index contributed by atoms with van der Waals surface area (Å²) < 4.78 is 1.67. The second-order valence-corrected chi connectivity index (χ2v) is 5.09. The quantitative estimate of drug-likeness (QED) is 0.761. The zero-order chi connectivity index (χ0) is 16.1. The minimum absolute atomic E-state index is 0.114. The molecule has 1 aromatic heterocycles. The molecule has 0 saturated heterocycles. The predicted molar refractivity (Wildman–Crippen MR) is 88.7 cm³/mol. The largest absolute Gasteiger partial charge is 0.396 e. The Morgan fingerprint density at radius 1 is 1.09 bits per heavy atom. The Kier molecular flexibility index (Phi) is 4.49. The van der Waals surface area contributed by atoms with Gasteiger partial charge in [-0.3, -0.25) is 4.79 Å². The molecule has 2 aromatic carbocycles. The van der Waals surface area contributed by atoms with E-state index in [0.717, 1.165) is 11.3 Å². The fraction of sp³-hybridized carbons (Fsp3) is 0.111. The molecule has 23 heavy (non-hydrogen) atoms. The minimum Gasteiger partial charge on any atom is -0.396 e. The number of carbonyl (C=O) groups excluding carboxylic acids is 1. The lowest BCUT2D eigenvalue weighted by molar-refractivity contribution is 0.102. The smallest absolute Gasteiger partial charge is 0.257 e. The maximum atomic E-state index is 12.5. The van der Waals surface area contributed by atoms with Crippen molar-refractivity contribution in [3.05, 3.63) is 78.1 Å². The molecule has 5 heteroatoms. The summed E-state index contributed by atoms with van der Waals surface area (Å²) in [6, 6.07) is 16.6. The van der Waals surface area contributed by atoms with Crippen molar-refractivity contribution < 1.29 is 9.90 Å². The average Bonchev–Trinajstić information content (AvgIpc) is 3.11. The van der Waals surface area contributed by atoms with Gasteiger partial charge in [0.2, 0.25) is 0 Å². The Labute approximate surface area is 134 Å². The molecule has 0 aliphatic carbocycles. The molecule has 0 spiro atoms. The summed E-state index contributed by atoms with van der Waals surface area (Å²) in [7, 11) is 0. The van der Waals surface area contributed by atoms with E-state index in [1.807, 2.05) is 48.5 Å². The summed E-state index contributed by atoms with van der Waals surface area (Å²) in [6.45, 7) is 0.114. The number of hydrogen-bond acceptors (Lipinski definition) is 3. The summed E-state index contributed by atoms with van der Waals surface area (Å²) in [5.74, 6) is -0.189. The van der Waals surface area contributed by atoms with Gasteiger partial charge in [-0.25, -0.2) is 4.68 Å². The Bertz CT molecular complexity index is 780. The minimum atomic E-state index is -0.189.